The molecule has 1 aliphatic heterocycles. The van der Waals surface area contributed by atoms with Crippen molar-refractivity contribution < 1.29 is 14.6 Å². The molecule has 2 heterocycles. The Morgan fingerprint density at radius 1 is 1.67 bits per heavy atom. The lowest BCUT2D eigenvalue weighted by molar-refractivity contribution is 0.0601. The molecule has 0 aliphatic carbocycles. The lowest BCUT2D eigenvalue weighted by atomic mass is 9.96. The number of ether oxygens (including phenoxy) is 1. The number of rotatable bonds is 2. The van der Waals surface area contributed by atoms with Crippen LogP contribution in [0.2, 0.25) is 0 Å². The minimum Gasteiger partial charge on any atom is -0.465 e. The van der Waals surface area contributed by atoms with Gasteiger partial charge in [0.2, 0.25) is 0 Å². The minimum atomic E-state index is -0.482. The van der Waals surface area contributed by atoms with E-state index in [-0.39, 0.29) is 11.7 Å². The number of aromatic nitrogens is 1. The fourth-order valence-corrected chi connectivity index (χ4v) is 2.87. The molecule has 0 saturated carbocycles. The van der Waals surface area contributed by atoms with Gasteiger partial charge in [0.25, 0.3) is 0 Å². The summed E-state index contributed by atoms with van der Waals surface area (Å²) in [5.74, 6) is -0.0209. The third-order valence-corrected chi connectivity index (χ3v) is 4.22. The van der Waals surface area contributed by atoms with Crippen molar-refractivity contribution in [2.45, 2.75) is 19.4 Å². The molecule has 0 spiro atoms. The maximum Gasteiger partial charge on any atom is 0.344 e. The number of methoxy groups -OCH3 is 1. The number of carbonyl (C=O) groups is 1. The smallest absolute Gasteiger partial charge is 0.344 e. The van der Waals surface area contributed by atoms with E-state index >= 15 is 0 Å². The van der Waals surface area contributed by atoms with Gasteiger partial charge in [-0.3, -0.25) is 0 Å². The highest BCUT2D eigenvalue weighted by atomic mass is 32.1. The number of piperidine rings is 1. The van der Waals surface area contributed by atoms with Crippen molar-refractivity contribution in [3.8, 4) is 0 Å². The molecule has 1 aromatic rings. The molecule has 2 rings (SSSR count). The van der Waals surface area contributed by atoms with Crippen LogP contribution in [0.25, 0.3) is 0 Å². The Kier molecular flexibility index (Phi) is 3.72. The van der Waals surface area contributed by atoms with Gasteiger partial charge in [0.05, 0.1) is 13.2 Å². The number of aliphatic hydroxyl groups excluding tert-OH is 1. The Bertz CT molecular complexity index is 449. The van der Waals surface area contributed by atoms with E-state index in [1.807, 2.05) is 11.8 Å². The number of β-amino-alcohol motifs (C(OH)–C–C–N with tert-alkyl or cyclic N) is 1. The molecule has 2 unspecified atom stereocenters. The van der Waals surface area contributed by atoms with Gasteiger partial charge in [-0.1, -0.05) is 6.92 Å². The predicted octanol–water partition coefficient (Wildman–Crippen LogP) is 0.719. The zero-order chi connectivity index (χ0) is 13.3. The fourth-order valence-electron chi connectivity index (χ4n) is 2.04. The first-order chi connectivity index (χ1) is 8.54. The van der Waals surface area contributed by atoms with Crippen LogP contribution in [0.5, 0.6) is 0 Å². The quantitative estimate of drug-likeness (QED) is 0.770. The number of nitrogen functional groups attached to an aromatic ring is 1. The molecule has 0 bridgehead atoms. The van der Waals surface area contributed by atoms with Crippen LogP contribution in [-0.2, 0) is 4.74 Å². The Balaban J connectivity index is 2.26. The number of nitrogens with zero attached hydrogens (tertiary/aromatic N) is 2. The van der Waals surface area contributed by atoms with Crippen LogP contribution in [0.4, 0.5) is 10.8 Å². The van der Waals surface area contributed by atoms with E-state index in [1.165, 1.54) is 18.6 Å². The van der Waals surface area contributed by atoms with Crippen LogP contribution in [0.3, 0.4) is 0 Å². The van der Waals surface area contributed by atoms with Gasteiger partial charge in [0, 0.05) is 13.1 Å². The minimum absolute atomic E-state index is 0.190. The standard InChI is InChI=1S/C11H17N3O3S/c1-6-3-4-14(5-7(6)15)10-8(11(16)17-2)9(12)13-18-10/h6-7,15H,3-5H2,1-2H3,(H2,12,13). The summed E-state index contributed by atoms with van der Waals surface area (Å²) in [5.41, 5.74) is 6.01. The van der Waals surface area contributed by atoms with Crippen LogP contribution in [-0.4, -0.2) is 41.8 Å². The molecule has 1 aromatic heterocycles. The summed E-state index contributed by atoms with van der Waals surface area (Å²) in [4.78, 5) is 13.6. The molecular formula is C11H17N3O3S. The van der Waals surface area contributed by atoms with Gasteiger partial charge in [-0.05, 0) is 23.9 Å². The predicted molar refractivity (Wildman–Crippen MR) is 69.9 cm³/mol. The number of hydrogen-bond donors (Lipinski definition) is 2. The third-order valence-electron chi connectivity index (χ3n) is 3.30. The summed E-state index contributed by atoms with van der Waals surface area (Å²) in [6.45, 7) is 3.29. The van der Waals surface area contributed by atoms with E-state index in [2.05, 4.69) is 4.37 Å². The molecule has 2 atom stereocenters. The number of anilines is 2. The summed E-state index contributed by atoms with van der Waals surface area (Å²) in [5, 5.41) is 10.6. The van der Waals surface area contributed by atoms with Crippen molar-refractivity contribution in [1.29, 1.82) is 0 Å². The molecule has 0 aromatic carbocycles. The van der Waals surface area contributed by atoms with Gasteiger partial charge in [0.1, 0.15) is 10.6 Å². The zero-order valence-electron chi connectivity index (χ0n) is 10.4. The summed E-state index contributed by atoms with van der Waals surface area (Å²) in [7, 11) is 1.32. The third kappa shape index (κ3) is 2.28. The van der Waals surface area contributed by atoms with Crippen LogP contribution in [0, 0.1) is 5.92 Å². The second kappa shape index (κ2) is 5.11. The van der Waals surface area contributed by atoms with Gasteiger partial charge < -0.3 is 20.5 Å². The van der Waals surface area contributed by atoms with Crippen LogP contribution in [0.1, 0.15) is 23.7 Å². The highest BCUT2D eigenvalue weighted by Crippen LogP contribution is 2.33. The molecule has 1 aliphatic rings. The number of esters is 1. The summed E-state index contributed by atoms with van der Waals surface area (Å²) < 4.78 is 8.71. The maximum atomic E-state index is 11.7. The van der Waals surface area contributed by atoms with Crippen molar-refractivity contribution in [3.63, 3.8) is 0 Å². The number of nitrogens with two attached hydrogens (primary N) is 1. The molecule has 3 N–H and O–H groups in total. The second-order valence-electron chi connectivity index (χ2n) is 4.52. The summed E-state index contributed by atoms with van der Waals surface area (Å²) >= 11 is 1.17. The van der Waals surface area contributed by atoms with Gasteiger partial charge in [-0.2, -0.15) is 4.37 Å². The summed E-state index contributed by atoms with van der Waals surface area (Å²) in [6, 6.07) is 0. The van der Waals surface area contributed by atoms with Gasteiger partial charge >= 0.3 is 5.97 Å². The highest BCUT2D eigenvalue weighted by molar-refractivity contribution is 7.11. The normalized spacial score (nSPS) is 24.1. The Hall–Kier alpha value is -1.34. The average molecular weight is 271 g/mol. The molecule has 100 valence electrons. The van der Waals surface area contributed by atoms with Crippen LogP contribution < -0.4 is 10.6 Å². The Morgan fingerprint density at radius 2 is 2.39 bits per heavy atom. The first-order valence-corrected chi connectivity index (χ1v) is 6.58. The lowest BCUT2D eigenvalue weighted by Gasteiger charge is -2.34. The first-order valence-electron chi connectivity index (χ1n) is 5.81. The maximum absolute atomic E-state index is 11.7. The van der Waals surface area contributed by atoms with E-state index in [0.717, 1.165) is 13.0 Å². The molecular weight excluding hydrogens is 254 g/mol. The van der Waals surface area contributed by atoms with Crippen LogP contribution >= 0.6 is 11.5 Å². The van der Waals surface area contributed by atoms with Crippen molar-refractivity contribution in [2.75, 3.05) is 30.8 Å². The number of aliphatic hydroxyl groups is 1. The van der Waals surface area contributed by atoms with E-state index in [9.17, 15) is 9.90 Å². The Labute approximate surface area is 110 Å². The topological polar surface area (TPSA) is 88.7 Å². The molecule has 18 heavy (non-hydrogen) atoms. The zero-order valence-corrected chi connectivity index (χ0v) is 11.2. The number of hydrogen-bond acceptors (Lipinski definition) is 7. The second-order valence-corrected chi connectivity index (χ2v) is 5.27. The van der Waals surface area contributed by atoms with Crippen molar-refractivity contribution in [3.05, 3.63) is 5.56 Å². The highest BCUT2D eigenvalue weighted by Gasteiger charge is 2.30. The largest absolute Gasteiger partial charge is 0.465 e. The monoisotopic (exact) mass is 271 g/mol. The van der Waals surface area contributed by atoms with E-state index in [1.54, 1.807) is 0 Å². The van der Waals surface area contributed by atoms with Gasteiger partial charge in [-0.25, -0.2) is 4.79 Å². The Morgan fingerprint density at radius 3 is 3.00 bits per heavy atom. The lowest BCUT2D eigenvalue weighted by Crippen LogP contribution is -2.43. The molecule has 0 radical (unpaired) electrons. The van der Waals surface area contributed by atoms with E-state index in [4.69, 9.17) is 10.5 Å². The molecule has 1 fully saturated rings. The average Bonchev–Trinajstić information content (AvgIpc) is 2.74. The van der Waals surface area contributed by atoms with Crippen molar-refractivity contribution in [1.82, 2.24) is 4.37 Å². The van der Waals surface area contributed by atoms with Crippen LogP contribution in [0.15, 0.2) is 0 Å². The molecule has 6 nitrogen and oxygen atoms in total. The molecule has 7 heteroatoms. The van der Waals surface area contributed by atoms with Gasteiger partial charge in [-0.15, -0.1) is 0 Å². The molecule has 1 saturated heterocycles. The van der Waals surface area contributed by atoms with Crippen molar-refractivity contribution in [2.24, 2.45) is 5.92 Å². The summed E-state index contributed by atoms with van der Waals surface area (Å²) in [6.07, 6.45) is 0.479. The van der Waals surface area contributed by atoms with E-state index in [0.29, 0.717) is 17.1 Å². The van der Waals surface area contributed by atoms with Gasteiger partial charge in [0.15, 0.2) is 5.82 Å². The first kappa shape index (κ1) is 13.1. The fraction of sp³-hybridized carbons (Fsp3) is 0.636. The van der Waals surface area contributed by atoms with Crippen molar-refractivity contribution >= 4 is 28.3 Å². The molecule has 0 amide bonds. The SMILES string of the molecule is COC(=O)c1c(N)nsc1N1CCC(C)C(O)C1. The number of carbonyl (C=O) groups excluding carboxylic acids is 1. The van der Waals surface area contributed by atoms with E-state index < -0.39 is 12.1 Å².